The molecule has 1 aliphatic rings. The van der Waals surface area contributed by atoms with Crippen LogP contribution in [0.2, 0.25) is 0 Å². The maximum Gasteiger partial charge on any atom is 0.307 e. The normalized spacial score (nSPS) is 13.1. The Balaban J connectivity index is 1.91. The maximum absolute atomic E-state index is 12.4. The molecule has 0 saturated heterocycles. The third-order valence-corrected chi connectivity index (χ3v) is 4.87. The van der Waals surface area contributed by atoms with E-state index in [4.69, 9.17) is 4.74 Å². The number of esters is 1. The van der Waals surface area contributed by atoms with E-state index in [9.17, 15) is 34.9 Å². The molecule has 1 N–H and O–H groups in total. The van der Waals surface area contributed by atoms with Gasteiger partial charge in [0.05, 0.1) is 34.6 Å². The molecule has 3 rings (SSSR count). The number of fused-ring (bicyclic) bond motifs is 1. The molecule has 0 aromatic heterocycles. The quantitative estimate of drug-likeness (QED) is 0.266. The number of rotatable bonds is 8. The Bertz CT molecular complexity index is 1160. The first-order chi connectivity index (χ1) is 15.7. The van der Waals surface area contributed by atoms with Gasteiger partial charge in [0, 0.05) is 37.2 Å². The number of azo groups is 1. The van der Waals surface area contributed by atoms with E-state index in [-0.39, 0.29) is 60.4 Å². The van der Waals surface area contributed by atoms with Gasteiger partial charge in [0.15, 0.2) is 11.5 Å². The topological polar surface area (TPSA) is 178 Å². The highest BCUT2D eigenvalue weighted by Gasteiger charge is 2.26. The predicted octanol–water partition coefficient (Wildman–Crippen LogP) is 3.97. The summed E-state index contributed by atoms with van der Waals surface area (Å²) in [7, 11) is 0. The van der Waals surface area contributed by atoms with E-state index < -0.39 is 21.2 Å². The van der Waals surface area contributed by atoms with Gasteiger partial charge in [-0.25, -0.2) is 0 Å². The number of nitro benzene ring substituents is 2. The Morgan fingerprint density at radius 3 is 2.55 bits per heavy atom. The third kappa shape index (κ3) is 5.26. The molecule has 33 heavy (non-hydrogen) atoms. The van der Waals surface area contributed by atoms with E-state index in [1.165, 1.54) is 12.1 Å². The van der Waals surface area contributed by atoms with Crippen molar-refractivity contribution < 1.29 is 29.3 Å². The number of Topliss-reactive ketones (excluding diaryl/α,β-unsaturated/α-hetero) is 1. The van der Waals surface area contributed by atoms with Gasteiger partial charge in [-0.1, -0.05) is 0 Å². The van der Waals surface area contributed by atoms with Gasteiger partial charge in [-0.15, -0.1) is 10.2 Å². The van der Waals surface area contributed by atoms with Crippen molar-refractivity contribution in [2.24, 2.45) is 10.2 Å². The lowest BCUT2D eigenvalue weighted by Gasteiger charge is -2.30. The van der Waals surface area contributed by atoms with Crippen LogP contribution in [0.15, 0.2) is 40.6 Å². The second-order valence-electron chi connectivity index (χ2n) is 6.96. The summed E-state index contributed by atoms with van der Waals surface area (Å²) in [6.07, 6.45) is 0.290. The van der Waals surface area contributed by atoms with Crippen LogP contribution in [0.4, 0.5) is 28.4 Å². The number of non-ortho nitro benzene ring substituents is 1. The van der Waals surface area contributed by atoms with Gasteiger partial charge in [-0.2, -0.15) is 0 Å². The second-order valence-corrected chi connectivity index (χ2v) is 6.96. The summed E-state index contributed by atoms with van der Waals surface area (Å²) < 4.78 is 4.91. The number of ether oxygens (including phenoxy) is 1. The Hall–Kier alpha value is -4.42. The van der Waals surface area contributed by atoms with Crippen molar-refractivity contribution >= 4 is 40.2 Å². The van der Waals surface area contributed by atoms with Gasteiger partial charge in [-0.05, 0) is 19.1 Å². The molecule has 1 aliphatic heterocycles. The van der Waals surface area contributed by atoms with E-state index in [1.54, 1.807) is 11.8 Å². The van der Waals surface area contributed by atoms with Gasteiger partial charge in [0.25, 0.3) is 5.69 Å². The van der Waals surface area contributed by atoms with E-state index in [0.717, 1.165) is 18.2 Å². The molecule has 0 saturated carbocycles. The predicted molar refractivity (Wildman–Crippen MR) is 114 cm³/mol. The lowest BCUT2D eigenvalue weighted by Crippen LogP contribution is -2.34. The number of aromatic hydroxyl groups is 1. The number of phenols is 1. The Kier molecular flexibility index (Phi) is 6.91. The molecule has 0 aliphatic carbocycles. The molecule has 0 atom stereocenters. The van der Waals surface area contributed by atoms with Crippen molar-refractivity contribution in [1.29, 1.82) is 0 Å². The Labute approximate surface area is 186 Å². The molecule has 0 radical (unpaired) electrons. The lowest BCUT2D eigenvalue weighted by molar-refractivity contribution is -0.393. The number of nitrogens with zero attached hydrogens (tertiary/aromatic N) is 5. The summed E-state index contributed by atoms with van der Waals surface area (Å²) in [5.41, 5.74) is -0.798. The van der Waals surface area contributed by atoms with Crippen LogP contribution >= 0.6 is 0 Å². The van der Waals surface area contributed by atoms with Crippen molar-refractivity contribution in [3.05, 3.63) is 56.1 Å². The maximum atomic E-state index is 12.4. The number of ketones is 1. The van der Waals surface area contributed by atoms with Crippen LogP contribution in [0.1, 0.15) is 30.1 Å². The monoisotopic (exact) mass is 457 g/mol. The van der Waals surface area contributed by atoms with Crippen molar-refractivity contribution in [1.82, 2.24) is 0 Å². The van der Waals surface area contributed by atoms with Crippen LogP contribution < -0.4 is 4.90 Å². The van der Waals surface area contributed by atoms with Crippen molar-refractivity contribution in [3.63, 3.8) is 0 Å². The van der Waals surface area contributed by atoms with Gasteiger partial charge < -0.3 is 14.7 Å². The van der Waals surface area contributed by atoms with Crippen LogP contribution in [-0.2, 0) is 9.53 Å². The van der Waals surface area contributed by atoms with E-state index in [0.29, 0.717) is 12.2 Å². The van der Waals surface area contributed by atoms with Gasteiger partial charge in [0.1, 0.15) is 11.4 Å². The van der Waals surface area contributed by atoms with Crippen LogP contribution in [0.3, 0.4) is 0 Å². The average Bonchev–Trinajstić information content (AvgIpc) is 2.77. The molecular weight excluding hydrogens is 438 g/mol. The fourth-order valence-electron chi connectivity index (χ4n) is 3.28. The molecule has 172 valence electrons. The average molecular weight is 457 g/mol. The highest BCUT2D eigenvalue weighted by molar-refractivity contribution is 6.04. The summed E-state index contributed by atoms with van der Waals surface area (Å²) >= 11 is 0. The number of carbonyl (C=O) groups excluding carboxylic acids is 2. The molecule has 1 heterocycles. The fraction of sp³-hybridized carbons (Fsp3) is 0.300. The molecule has 13 nitrogen and oxygen atoms in total. The highest BCUT2D eigenvalue weighted by Crippen LogP contribution is 2.39. The SMILES string of the molecule is CCOC(=O)CCN1CCC(=O)c2cc(N=Nc3ccc([N+](=O)[O-])cc3[N+](=O)[O-])c(O)cc21. The number of phenolic OH excluding ortho intramolecular Hbond substituents is 1. The zero-order valence-corrected chi connectivity index (χ0v) is 17.5. The van der Waals surface area contributed by atoms with E-state index in [1.807, 2.05) is 0 Å². The number of nitro groups is 2. The number of benzene rings is 2. The Morgan fingerprint density at radius 1 is 1.15 bits per heavy atom. The van der Waals surface area contributed by atoms with Crippen LogP contribution in [0, 0.1) is 20.2 Å². The summed E-state index contributed by atoms with van der Waals surface area (Å²) in [5, 5.41) is 40.1. The molecule has 2 aromatic rings. The standard InChI is InChI=1S/C20H19N5O8/c1-2-33-20(28)6-8-23-7-5-18(26)13-10-15(19(27)11-16(13)23)22-21-14-4-3-12(24(29)30)9-17(14)25(31)32/h3-4,9-11,27H,2,5-8H2,1H3. The van der Waals surface area contributed by atoms with Crippen LogP contribution in [0.5, 0.6) is 5.75 Å². The minimum absolute atomic E-state index is 0.105. The van der Waals surface area contributed by atoms with E-state index >= 15 is 0 Å². The largest absolute Gasteiger partial charge is 0.506 e. The zero-order chi connectivity index (χ0) is 24.1. The summed E-state index contributed by atoms with van der Waals surface area (Å²) in [4.78, 5) is 46.4. The molecule has 0 fully saturated rings. The fourth-order valence-corrected chi connectivity index (χ4v) is 3.28. The van der Waals surface area contributed by atoms with Crippen molar-refractivity contribution in [3.8, 4) is 5.75 Å². The first-order valence-corrected chi connectivity index (χ1v) is 9.86. The van der Waals surface area contributed by atoms with E-state index in [2.05, 4.69) is 10.2 Å². The van der Waals surface area contributed by atoms with Crippen LogP contribution in [0.25, 0.3) is 0 Å². The summed E-state index contributed by atoms with van der Waals surface area (Å²) in [5.74, 6) is -0.914. The smallest absolute Gasteiger partial charge is 0.307 e. The minimum atomic E-state index is -0.834. The summed E-state index contributed by atoms with van der Waals surface area (Å²) in [6, 6.07) is 5.49. The number of hydrogen-bond donors (Lipinski definition) is 1. The third-order valence-electron chi connectivity index (χ3n) is 4.87. The molecule has 2 aromatic carbocycles. The molecule has 0 bridgehead atoms. The molecular formula is C20H19N5O8. The number of carbonyl (C=O) groups is 2. The summed E-state index contributed by atoms with van der Waals surface area (Å²) in [6.45, 7) is 2.61. The molecule has 0 spiro atoms. The highest BCUT2D eigenvalue weighted by atomic mass is 16.6. The Morgan fingerprint density at radius 2 is 1.88 bits per heavy atom. The zero-order valence-electron chi connectivity index (χ0n) is 17.5. The van der Waals surface area contributed by atoms with Crippen molar-refractivity contribution in [2.45, 2.75) is 19.8 Å². The van der Waals surface area contributed by atoms with Crippen molar-refractivity contribution in [2.75, 3.05) is 24.6 Å². The number of hydrogen-bond acceptors (Lipinski definition) is 11. The number of anilines is 1. The molecule has 0 amide bonds. The van der Waals surface area contributed by atoms with Gasteiger partial charge in [0.2, 0.25) is 0 Å². The van der Waals surface area contributed by atoms with Gasteiger partial charge in [-0.3, -0.25) is 29.8 Å². The molecule has 0 unspecified atom stereocenters. The minimum Gasteiger partial charge on any atom is -0.506 e. The van der Waals surface area contributed by atoms with Crippen LogP contribution in [-0.4, -0.2) is 46.4 Å². The first kappa shape index (κ1) is 23.2. The van der Waals surface area contributed by atoms with Gasteiger partial charge >= 0.3 is 11.7 Å². The first-order valence-electron chi connectivity index (χ1n) is 9.86. The molecule has 13 heteroatoms. The lowest BCUT2D eigenvalue weighted by atomic mass is 9.99. The second kappa shape index (κ2) is 9.80.